The minimum absolute atomic E-state index is 0.0297. The largest absolute Gasteiger partial charge is 0.467 e. The zero-order valence-corrected chi connectivity index (χ0v) is 25.5. The zero-order valence-electron chi connectivity index (χ0n) is 25.5. The fourth-order valence-electron chi connectivity index (χ4n) is 5.00. The summed E-state index contributed by atoms with van der Waals surface area (Å²) in [6, 6.07) is 16.3. The molecular formula is C32H41N5O7. The summed E-state index contributed by atoms with van der Waals surface area (Å²) >= 11 is 0. The number of alkyl carbamates (subject to hydrolysis) is 1. The molecule has 2 amide bonds. The monoisotopic (exact) mass is 607 g/mol. The van der Waals surface area contributed by atoms with E-state index in [-0.39, 0.29) is 24.9 Å². The molecule has 2 aromatic carbocycles. The van der Waals surface area contributed by atoms with Crippen molar-refractivity contribution >= 4 is 23.8 Å². The lowest BCUT2D eigenvalue weighted by atomic mass is 10.0. The molecule has 44 heavy (non-hydrogen) atoms. The molecule has 1 aromatic heterocycles. The van der Waals surface area contributed by atoms with Crippen molar-refractivity contribution in [1.29, 1.82) is 0 Å². The van der Waals surface area contributed by atoms with Crippen molar-refractivity contribution < 1.29 is 33.7 Å². The fourth-order valence-corrected chi connectivity index (χ4v) is 5.00. The van der Waals surface area contributed by atoms with E-state index in [9.17, 15) is 19.5 Å². The maximum absolute atomic E-state index is 13.9. The number of likely N-dealkylation sites (tertiary alicyclic amines) is 1. The number of ether oxygens (including phenoxy) is 3. The van der Waals surface area contributed by atoms with Gasteiger partial charge < -0.3 is 39.4 Å². The lowest BCUT2D eigenvalue weighted by Gasteiger charge is -2.28. The average molecular weight is 608 g/mol. The van der Waals surface area contributed by atoms with Crippen molar-refractivity contribution in [3.63, 3.8) is 0 Å². The number of aliphatic hydroxyl groups excluding tert-OH is 1. The van der Waals surface area contributed by atoms with E-state index >= 15 is 0 Å². The lowest BCUT2D eigenvalue weighted by Crippen LogP contribution is -2.50. The average Bonchev–Trinajstić information content (AvgIpc) is 3.67. The second kappa shape index (κ2) is 14.8. The Labute approximate surface area is 257 Å². The second-order valence-corrected chi connectivity index (χ2v) is 11.6. The van der Waals surface area contributed by atoms with Crippen molar-refractivity contribution in [3.05, 3.63) is 84.3 Å². The van der Waals surface area contributed by atoms with Crippen LogP contribution in [-0.2, 0) is 30.4 Å². The van der Waals surface area contributed by atoms with Gasteiger partial charge in [-0.1, -0.05) is 60.7 Å². The predicted molar refractivity (Wildman–Crippen MR) is 162 cm³/mol. The van der Waals surface area contributed by atoms with Gasteiger partial charge in [-0.2, -0.15) is 0 Å². The highest BCUT2D eigenvalue weighted by Crippen LogP contribution is 2.28. The van der Waals surface area contributed by atoms with E-state index in [0.717, 1.165) is 5.56 Å². The normalized spacial score (nSPS) is 16.9. The molecule has 12 heteroatoms. The number of aliphatic hydroxyl groups is 1. The van der Waals surface area contributed by atoms with Gasteiger partial charge in [-0.05, 0) is 44.7 Å². The maximum Gasteiger partial charge on any atom is 0.408 e. The number of esters is 1. The Kier molecular flexibility index (Phi) is 11.0. The number of amides is 2. The first-order chi connectivity index (χ1) is 21.1. The summed E-state index contributed by atoms with van der Waals surface area (Å²) in [5.74, 6) is -0.458. The number of nitrogens with zero attached hydrogens (tertiary/aromatic N) is 3. The number of hydrogen-bond acceptors (Lipinski definition) is 9. The minimum Gasteiger partial charge on any atom is -0.467 e. The molecule has 1 aliphatic rings. The number of benzene rings is 2. The summed E-state index contributed by atoms with van der Waals surface area (Å²) in [5.41, 5.74) is 0.905. The zero-order chi connectivity index (χ0) is 31.7. The van der Waals surface area contributed by atoms with Gasteiger partial charge in [-0.25, -0.2) is 14.6 Å². The molecule has 3 aromatic rings. The molecular weight excluding hydrogens is 566 g/mol. The van der Waals surface area contributed by atoms with Crippen LogP contribution in [0.2, 0.25) is 0 Å². The van der Waals surface area contributed by atoms with Crippen molar-refractivity contribution in [1.82, 2.24) is 19.8 Å². The Morgan fingerprint density at radius 3 is 2.41 bits per heavy atom. The first-order valence-corrected chi connectivity index (χ1v) is 14.6. The molecule has 0 radical (unpaired) electrons. The van der Waals surface area contributed by atoms with Crippen LogP contribution in [0.25, 0.3) is 0 Å². The predicted octanol–water partition coefficient (Wildman–Crippen LogP) is 3.48. The summed E-state index contributed by atoms with van der Waals surface area (Å²) in [5, 5.41) is 16.7. The number of aromatic nitrogens is 2. The fraction of sp³-hybridized carbons (Fsp3) is 0.438. The van der Waals surface area contributed by atoms with E-state index in [2.05, 4.69) is 15.6 Å². The Morgan fingerprint density at radius 2 is 1.75 bits per heavy atom. The van der Waals surface area contributed by atoms with Crippen LogP contribution in [0.5, 0.6) is 0 Å². The number of anilines is 1. The van der Waals surface area contributed by atoms with Gasteiger partial charge in [0.25, 0.3) is 5.91 Å². The van der Waals surface area contributed by atoms with Crippen LogP contribution in [0, 0.1) is 0 Å². The molecule has 4 atom stereocenters. The van der Waals surface area contributed by atoms with E-state index in [1.54, 1.807) is 36.4 Å². The van der Waals surface area contributed by atoms with E-state index < -0.39 is 42.0 Å². The highest BCUT2D eigenvalue weighted by Gasteiger charge is 2.39. The van der Waals surface area contributed by atoms with Gasteiger partial charge in [0.15, 0.2) is 0 Å². The van der Waals surface area contributed by atoms with Gasteiger partial charge in [0, 0.05) is 12.7 Å². The van der Waals surface area contributed by atoms with Crippen molar-refractivity contribution in [2.75, 3.05) is 25.6 Å². The number of hydrogen-bond donors (Lipinski definition) is 3. The SMILES string of the molecule is COC(=O)[C@@H]1CCCN1C(=O)C(c1ccccc1)n1cnc(N[C@H](O)[C@H](COCc2ccccc2)NC(=O)OC(C)(C)C)c1. The molecule has 3 N–H and O–H groups in total. The van der Waals surface area contributed by atoms with E-state index in [1.165, 1.54) is 13.4 Å². The van der Waals surface area contributed by atoms with Crippen LogP contribution < -0.4 is 10.6 Å². The Morgan fingerprint density at radius 1 is 1.07 bits per heavy atom. The van der Waals surface area contributed by atoms with E-state index in [1.807, 2.05) is 60.7 Å². The van der Waals surface area contributed by atoms with E-state index in [0.29, 0.717) is 24.9 Å². The van der Waals surface area contributed by atoms with Gasteiger partial charge in [0.1, 0.15) is 35.8 Å². The van der Waals surface area contributed by atoms with Crippen LogP contribution in [0.15, 0.2) is 73.2 Å². The van der Waals surface area contributed by atoms with Gasteiger partial charge >= 0.3 is 12.1 Å². The number of rotatable bonds is 12. The summed E-state index contributed by atoms with van der Waals surface area (Å²) in [6.07, 6.45) is 2.26. The first kappa shape index (κ1) is 32.5. The molecule has 0 aliphatic carbocycles. The molecule has 0 spiro atoms. The molecule has 0 bridgehead atoms. The minimum atomic E-state index is -1.32. The maximum atomic E-state index is 13.9. The summed E-state index contributed by atoms with van der Waals surface area (Å²) in [4.78, 5) is 44.8. The van der Waals surface area contributed by atoms with Crippen molar-refractivity contribution in [2.24, 2.45) is 0 Å². The smallest absolute Gasteiger partial charge is 0.408 e. The first-order valence-electron chi connectivity index (χ1n) is 14.6. The topological polar surface area (TPSA) is 144 Å². The van der Waals surface area contributed by atoms with Crippen LogP contribution in [0.4, 0.5) is 10.6 Å². The molecule has 12 nitrogen and oxygen atoms in total. The third-order valence-electron chi connectivity index (χ3n) is 7.05. The summed E-state index contributed by atoms with van der Waals surface area (Å²) < 4.78 is 17.8. The quantitative estimate of drug-likeness (QED) is 0.208. The third-order valence-corrected chi connectivity index (χ3v) is 7.05. The molecule has 1 saturated heterocycles. The van der Waals surface area contributed by atoms with Crippen LogP contribution in [-0.4, -0.2) is 81.7 Å². The number of imidazole rings is 1. The van der Waals surface area contributed by atoms with Crippen LogP contribution in [0.1, 0.15) is 50.8 Å². The van der Waals surface area contributed by atoms with Crippen molar-refractivity contribution in [3.8, 4) is 0 Å². The standard InChI is InChI=1S/C32H41N5O7/c1-32(2,3)44-31(41)34-24(20-43-19-22-12-7-5-8-13-22)28(38)35-26-18-36(21-33-26)27(23-14-9-6-10-15-23)29(39)37-17-11-16-25(37)30(40)42-4/h5-10,12-15,18,21,24-25,27-28,35,38H,11,16-17,19-20H2,1-4H3,(H,34,41)/t24-,25-,27?,28+/m0/s1. The van der Waals surface area contributed by atoms with E-state index in [4.69, 9.17) is 14.2 Å². The number of carbonyl (C=O) groups is 3. The second-order valence-electron chi connectivity index (χ2n) is 11.6. The lowest BCUT2D eigenvalue weighted by molar-refractivity contribution is -0.151. The Bertz CT molecular complexity index is 1380. The Hall–Kier alpha value is -4.42. The highest BCUT2D eigenvalue weighted by atomic mass is 16.6. The number of methoxy groups -OCH3 is 1. The molecule has 0 saturated carbocycles. The summed E-state index contributed by atoms with van der Waals surface area (Å²) in [7, 11) is 1.31. The van der Waals surface area contributed by atoms with Crippen LogP contribution in [0.3, 0.4) is 0 Å². The molecule has 1 aliphatic heterocycles. The third kappa shape index (κ3) is 8.80. The van der Waals surface area contributed by atoms with Gasteiger partial charge in [-0.3, -0.25) is 4.79 Å². The van der Waals surface area contributed by atoms with Gasteiger partial charge in [-0.15, -0.1) is 0 Å². The summed E-state index contributed by atoms with van der Waals surface area (Å²) in [6.45, 7) is 5.91. The van der Waals surface area contributed by atoms with Gasteiger partial charge in [0.2, 0.25) is 0 Å². The molecule has 4 rings (SSSR count). The Balaban J connectivity index is 1.51. The number of nitrogens with one attached hydrogen (secondary N) is 2. The van der Waals surface area contributed by atoms with Crippen molar-refractivity contribution in [2.45, 2.75) is 70.2 Å². The molecule has 1 unspecified atom stereocenters. The highest BCUT2D eigenvalue weighted by molar-refractivity contribution is 5.89. The number of carbonyl (C=O) groups excluding carboxylic acids is 3. The molecule has 1 fully saturated rings. The van der Waals surface area contributed by atoms with Crippen LogP contribution >= 0.6 is 0 Å². The van der Waals surface area contributed by atoms with Gasteiger partial charge in [0.05, 0.1) is 26.7 Å². The molecule has 236 valence electrons. The molecule has 2 heterocycles.